The van der Waals surface area contributed by atoms with Crippen molar-refractivity contribution in [3.05, 3.63) is 56.9 Å². The number of nitro groups is 1. The van der Waals surface area contributed by atoms with Crippen LogP contribution >= 0.6 is 0 Å². The lowest BCUT2D eigenvalue weighted by Crippen LogP contribution is -2.39. The summed E-state index contributed by atoms with van der Waals surface area (Å²) in [5, 5.41) is 24.7. The molecule has 2 aromatic rings. The van der Waals surface area contributed by atoms with E-state index in [1.54, 1.807) is 35.6 Å². The summed E-state index contributed by atoms with van der Waals surface area (Å²) in [6, 6.07) is 4.73. The first kappa shape index (κ1) is 18.6. The molecule has 142 valence electrons. The minimum atomic E-state index is -1.02. The van der Waals surface area contributed by atoms with Crippen LogP contribution in [-0.2, 0) is 0 Å². The summed E-state index contributed by atoms with van der Waals surface area (Å²) in [4.78, 5) is 36.4. The molecule has 0 bridgehead atoms. The highest BCUT2D eigenvalue weighted by Gasteiger charge is 2.30. The fraction of sp³-hybridized carbons (Fsp3) is 0.389. The van der Waals surface area contributed by atoms with Gasteiger partial charge in [-0.15, -0.1) is 0 Å². The summed E-state index contributed by atoms with van der Waals surface area (Å²) in [5.74, 6) is -1.37. The van der Waals surface area contributed by atoms with Gasteiger partial charge in [-0.25, -0.2) is 4.79 Å². The first-order chi connectivity index (χ1) is 12.8. The highest BCUT2D eigenvalue weighted by Crippen LogP contribution is 2.28. The summed E-state index contributed by atoms with van der Waals surface area (Å²) in [6.45, 7) is 4.18. The van der Waals surface area contributed by atoms with Crippen molar-refractivity contribution in [2.24, 2.45) is 0 Å². The monoisotopic (exact) mass is 372 g/mol. The topological polar surface area (TPSA) is 119 Å². The number of aryl methyl sites for hydroxylation is 1. The lowest BCUT2D eigenvalue weighted by molar-refractivity contribution is -0.385. The zero-order valence-corrected chi connectivity index (χ0v) is 15.1. The normalized spacial score (nSPS) is 15.0. The van der Waals surface area contributed by atoms with Gasteiger partial charge in [0.25, 0.3) is 11.6 Å². The number of nitrogens with zero attached hydrogens (tertiary/aromatic N) is 4. The molecule has 0 spiro atoms. The first-order valence-corrected chi connectivity index (χ1v) is 8.62. The SMILES string of the molecule is Cc1cccc(C(=O)N2CCC(n3ncc(C(=O)O)c3C)CC2)c1[N+](=O)[O-]. The largest absolute Gasteiger partial charge is 0.478 e. The number of amides is 1. The fourth-order valence-corrected chi connectivity index (χ4v) is 3.56. The summed E-state index contributed by atoms with van der Waals surface area (Å²) in [6.07, 6.45) is 2.55. The molecule has 1 fully saturated rings. The van der Waals surface area contributed by atoms with Crippen molar-refractivity contribution in [2.75, 3.05) is 13.1 Å². The number of rotatable bonds is 4. The molecular weight excluding hydrogens is 352 g/mol. The average molecular weight is 372 g/mol. The minimum Gasteiger partial charge on any atom is -0.478 e. The van der Waals surface area contributed by atoms with Crippen molar-refractivity contribution in [1.29, 1.82) is 0 Å². The zero-order chi connectivity index (χ0) is 19.7. The summed E-state index contributed by atoms with van der Waals surface area (Å²) in [7, 11) is 0. The molecule has 1 aliphatic heterocycles. The number of aromatic carboxylic acids is 1. The van der Waals surface area contributed by atoms with E-state index in [0.29, 0.717) is 37.2 Å². The number of carbonyl (C=O) groups excluding carboxylic acids is 1. The number of carboxylic acid groups (broad SMARTS) is 1. The van der Waals surface area contributed by atoms with E-state index < -0.39 is 10.9 Å². The van der Waals surface area contributed by atoms with Crippen LogP contribution in [0.2, 0.25) is 0 Å². The maximum atomic E-state index is 12.8. The molecule has 0 aliphatic carbocycles. The highest BCUT2D eigenvalue weighted by molar-refractivity contribution is 5.98. The number of benzene rings is 1. The molecule has 1 aliphatic rings. The molecule has 9 nitrogen and oxygen atoms in total. The van der Waals surface area contributed by atoms with E-state index in [-0.39, 0.29) is 28.8 Å². The Balaban J connectivity index is 1.75. The van der Waals surface area contributed by atoms with E-state index in [4.69, 9.17) is 5.11 Å². The van der Waals surface area contributed by atoms with Crippen LogP contribution in [0.3, 0.4) is 0 Å². The first-order valence-electron chi connectivity index (χ1n) is 8.62. The van der Waals surface area contributed by atoms with Crippen LogP contribution in [0.25, 0.3) is 0 Å². The van der Waals surface area contributed by atoms with E-state index in [1.807, 2.05) is 0 Å². The maximum absolute atomic E-state index is 12.8. The van der Waals surface area contributed by atoms with Gasteiger partial charge in [-0.1, -0.05) is 12.1 Å². The van der Waals surface area contributed by atoms with Crippen LogP contribution < -0.4 is 0 Å². The Bertz CT molecular complexity index is 912. The highest BCUT2D eigenvalue weighted by atomic mass is 16.6. The van der Waals surface area contributed by atoms with Crippen LogP contribution in [0.15, 0.2) is 24.4 Å². The van der Waals surface area contributed by atoms with Gasteiger partial charge in [0, 0.05) is 18.7 Å². The lowest BCUT2D eigenvalue weighted by Gasteiger charge is -2.32. The molecular formula is C18H20N4O5. The van der Waals surface area contributed by atoms with Gasteiger partial charge < -0.3 is 10.0 Å². The quantitative estimate of drug-likeness (QED) is 0.651. The van der Waals surface area contributed by atoms with Gasteiger partial charge in [0.1, 0.15) is 11.1 Å². The van der Waals surface area contributed by atoms with Crippen LogP contribution in [0.4, 0.5) is 5.69 Å². The summed E-state index contributed by atoms with van der Waals surface area (Å²) < 4.78 is 1.69. The van der Waals surface area contributed by atoms with Crippen LogP contribution in [0.5, 0.6) is 0 Å². The van der Waals surface area contributed by atoms with E-state index in [0.717, 1.165) is 0 Å². The molecule has 0 unspecified atom stereocenters. The number of carbonyl (C=O) groups is 2. The van der Waals surface area contributed by atoms with E-state index >= 15 is 0 Å². The van der Waals surface area contributed by atoms with E-state index in [9.17, 15) is 19.7 Å². The molecule has 1 aromatic carbocycles. The van der Waals surface area contributed by atoms with Gasteiger partial charge in [0.05, 0.1) is 22.9 Å². The Hall–Kier alpha value is -3.23. The molecule has 1 aromatic heterocycles. The van der Waals surface area contributed by atoms with Crippen molar-refractivity contribution in [3.63, 3.8) is 0 Å². The summed E-state index contributed by atoms with van der Waals surface area (Å²) in [5.41, 5.74) is 1.15. The predicted octanol–water partition coefficient (Wildman–Crippen LogP) is 2.58. The average Bonchev–Trinajstić information content (AvgIpc) is 3.02. The molecule has 0 saturated carbocycles. The van der Waals surface area contributed by atoms with Crippen LogP contribution in [-0.4, -0.2) is 49.7 Å². The molecule has 3 rings (SSSR count). The molecule has 27 heavy (non-hydrogen) atoms. The van der Waals surface area contributed by atoms with Crippen molar-refractivity contribution in [2.45, 2.75) is 32.7 Å². The summed E-state index contributed by atoms with van der Waals surface area (Å²) >= 11 is 0. The molecule has 1 amide bonds. The molecule has 0 radical (unpaired) electrons. The second kappa shape index (κ2) is 7.18. The number of likely N-dealkylation sites (tertiary alicyclic amines) is 1. The molecule has 0 atom stereocenters. The van der Waals surface area contributed by atoms with Gasteiger partial charge >= 0.3 is 5.97 Å². The molecule has 2 heterocycles. The van der Waals surface area contributed by atoms with Gasteiger partial charge in [0.2, 0.25) is 0 Å². The number of hydrogen-bond donors (Lipinski definition) is 1. The Kier molecular flexibility index (Phi) is 4.93. The van der Waals surface area contributed by atoms with Crippen molar-refractivity contribution >= 4 is 17.6 Å². The number of para-hydroxylation sites is 1. The Labute approximate surface area is 155 Å². The third kappa shape index (κ3) is 3.40. The van der Waals surface area contributed by atoms with Crippen LogP contribution in [0.1, 0.15) is 50.9 Å². The van der Waals surface area contributed by atoms with Crippen molar-refractivity contribution < 1.29 is 19.6 Å². The smallest absolute Gasteiger partial charge is 0.339 e. The minimum absolute atomic E-state index is 0.00496. The third-order valence-electron chi connectivity index (χ3n) is 5.02. The Morgan fingerprint density at radius 1 is 1.22 bits per heavy atom. The maximum Gasteiger partial charge on any atom is 0.339 e. The fourth-order valence-electron chi connectivity index (χ4n) is 3.56. The number of nitro benzene ring substituents is 1. The zero-order valence-electron chi connectivity index (χ0n) is 15.1. The van der Waals surface area contributed by atoms with Gasteiger partial charge in [0.15, 0.2) is 0 Å². The number of aromatic nitrogens is 2. The van der Waals surface area contributed by atoms with Crippen molar-refractivity contribution in [3.8, 4) is 0 Å². The van der Waals surface area contributed by atoms with E-state index in [1.165, 1.54) is 12.3 Å². The van der Waals surface area contributed by atoms with E-state index in [2.05, 4.69) is 5.10 Å². The Morgan fingerprint density at radius 3 is 2.44 bits per heavy atom. The molecule has 1 saturated heterocycles. The third-order valence-corrected chi connectivity index (χ3v) is 5.02. The number of hydrogen-bond acceptors (Lipinski definition) is 5. The van der Waals surface area contributed by atoms with Crippen molar-refractivity contribution in [1.82, 2.24) is 14.7 Å². The van der Waals surface area contributed by atoms with Gasteiger partial charge in [-0.3, -0.25) is 19.6 Å². The van der Waals surface area contributed by atoms with Gasteiger partial charge in [-0.05, 0) is 32.8 Å². The standard InChI is InChI=1S/C18H20N4O5/c1-11-4-3-5-14(16(11)22(26)27)17(23)20-8-6-13(7-9-20)21-12(2)15(10-19-21)18(24)25/h3-5,10,13H,6-9H2,1-2H3,(H,24,25). The molecule has 1 N–H and O–H groups in total. The Morgan fingerprint density at radius 2 is 1.89 bits per heavy atom. The molecule has 9 heteroatoms. The lowest BCUT2D eigenvalue weighted by atomic mass is 10.0. The second-order valence-corrected chi connectivity index (χ2v) is 6.64. The van der Waals surface area contributed by atoms with Crippen LogP contribution in [0, 0.1) is 24.0 Å². The number of carboxylic acids is 1. The van der Waals surface area contributed by atoms with Gasteiger partial charge in [-0.2, -0.15) is 5.10 Å². The predicted molar refractivity (Wildman–Crippen MR) is 95.9 cm³/mol. The second-order valence-electron chi connectivity index (χ2n) is 6.64. The number of piperidine rings is 1.